The molecule has 0 radical (unpaired) electrons. The number of H-pyrrole nitrogens is 1. The summed E-state index contributed by atoms with van der Waals surface area (Å²) in [7, 11) is 0. The average molecular weight is 278 g/mol. The van der Waals surface area contributed by atoms with Gasteiger partial charge in [0.2, 0.25) is 5.95 Å². The van der Waals surface area contributed by atoms with Crippen LogP contribution in [0.15, 0.2) is 18.2 Å². The maximum absolute atomic E-state index is 10.7. The van der Waals surface area contributed by atoms with E-state index in [1.807, 2.05) is 0 Å². The molecule has 1 saturated heterocycles. The molecule has 8 heteroatoms. The molecule has 3 rings (SSSR count). The number of imidazole rings is 1. The Morgan fingerprint density at radius 3 is 3.15 bits per heavy atom. The second-order valence-corrected chi connectivity index (χ2v) is 4.49. The molecule has 0 spiro atoms. The van der Waals surface area contributed by atoms with E-state index in [9.17, 15) is 10.1 Å². The first-order chi connectivity index (χ1) is 9.72. The molecule has 0 bridgehead atoms. The van der Waals surface area contributed by atoms with Crippen LogP contribution in [-0.4, -0.2) is 47.4 Å². The Balaban J connectivity index is 1.70. The van der Waals surface area contributed by atoms with Gasteiger partial charge in [0, 0.05) is 18.7 Å². The second kappa shape index (κ2) is 5.43. The molecule has 1 unspecified atom stereocenters. The van der Waals surface area contributed by atoms with Gasteiger partial charge in [-0.1, -0.05) is 0 Å². The molecule has 1 aliphatic heterocycles. The smallest absolute Gasteiger partial charge is 0.271 e. The van der Waals surface area contributed by atoms with Crippen molar-refractivity contribution in [2.45, 2.75) is 6.10 Å². The van der Waals surface area contributed by atoms with Gasteiger partial charge in [0.25, 0.3) is 5.69 Å². The highest BCUT2D eigenvalue weighted by atomic mass is 16.6. The zero-order valence-corrected chi connectivity index (χ0v) is 10.7. The topological polar surface area (TPSA) is 102 Å². The van der Waals surface area contributed by atoms with Crippen LogP contribution in [0.1, 0.15) is 0 Å². The van der Waals surface area contributed by atoms with Crippen molar-refractivity contribution < 1.29 is 14.4 Å². The number of nitrogens with one attached hydrogen (secondary N) is 2. The van der Waals surface area contributed by atoms with E-state index in [4.69, 9.17) is 9.47 Å². The molecule has 0 amide bonds. The van der Waals surface area contributed by atoms with Gasteiger partial charge >= 0.3 is 0 Å². The first-order valence-electron chi connectivity index (χ1n) is 6.30. The number of anilines is 1. The van der Waals surface area contributed by atoms with Crippen LogP contribution in [0.4, 0.5) is 11.6 Å². The lowest BCUT2D eigenvalue weighted by molar-refractivity contribution is -0.384. The minimum absolute atomic E-state index is 0.00806. The van der Waals surface area contributed by atoms with Crippen molar-refractivity contribution in [3.05, 3.63) is 28.3 Å². The monoisotopic (exact) mass is 278 g/mol. The average Bonchev–Trinajstić information content (AvgIpc) is 2.88. The molecular weight excluding hydrogens is 264 g/mol. The van der Waals surface area contributed by atoms with Crippen molar-refractivity contribution in [3.63, 3.8) is 0 Å². The molecule has 2 aromatic rings. The zero-order chi connectivity index (χ0) is 13.9. The van der Waals surface area contributed by atoms with Crippen LogP contribution in [0.5, 0.6) is 0 Å². The number of fused-ring (bicyclic) bond motifs is 1. The van der Waals surface area contributed by atoms with Gasteiger partial charge in [-0.25, -0.2) is 4.98 Å². The Labute approximate surface area is 114 Å². The van der Waals surface area contributed by atoms with E-state index in [0.29, 0.717) is 43.3 Å². The van der Waals surface area contributed by atoms with Crippen LogP contribution in [0.3, 0.4) is 0 Å². The summed E-state index contributed by atoms with van der Waals surface area (Å²) in [6, 6.07) is 4.52. The molecule has 2 heterocycles. The largest absolute Gasteiger partial charge is 0.376 e. The van der Waals surface area contributed by atoms with Crippen LogP contribution in [-0.2, 0) is 9.47 Å². The lowest BCUT2D eigenvalue weighted by Crippen LogP contribution is -2.34. The van der Waals surface area contributed by atoms with Gasteiger partial charge < -0.3 is 19.8 Å². The molecule has 1 aliphatic rings. The number of nitro benzene ring substituents is 1. The van der Waals surface area contributed by atoms with Crippen molar-refractivity contribution in [3.8, 4) is 0 Å². The van der Waals surface area contributed by atoms with E-state index in [1.165, 1.54) is 12.1 Å². The minimum atomic E-state index is -0.430. The van der Waals surface area contributed by atoms with Gasteiger partial charge in [0.1, 0.15) is 0 Å². The molecular formula is C12H14N4O4. The Morgan fingerprint density at radius 1 is 1.50 bits per heavy atom. The van der Waals surface area contributed by atoms with Crippen LogP contribution in [0.25, 0.3) is 11.0 Å². The molecule has 1 atom stereocenters. The zero-order valence-electron chi connectivity index (χ0n) is 10.7. The van der Waals surface area contributed by atoms with Crippen molar-refractivity contribution in [2.24, 2.45) is 0 Å². The number of aromatic amines is 1. The molecule has 1 fully saturated rings. The number of hydrogen-bond donors (Lipinski definition) is 2. The fourth-order valence-electron chi connectivity index (χ4n) is 2.06. The molecule has 2 N–H and O–H groups in total. The first-order valence-corrected chi connectivity index (χ1v) is 6.30. The van der Waals surface area contributed by atoms with Gasteiger partial charge in [-0.2, -0.15) is 0 Å². The molecule has 1 aromatic carbocycles. The van der Waals surface area contributed by atoms with Crippen LogP contribution >= 0.6 is 0 Å². The molecule has 1 aromatic heterocycles. The van der Waals surface area contributed by atoms with Crippen molar-refractivity contribution in [1.82, 2.24) is 9.97 Å². The Morgan fingerprint density at radius 2 is 2.40 bits per heavy atom. The first kappa shape index (κ1) is 12.8. The Kier molecular flexibility index (Phi) is 3.48. The Hall–Kier alpha value is -2.19. The number of rotatable bonds is 4. The molecule has 0 aliphatic carbocycles. The number of hydrogen-bond acceptors (Lipinski definition) is 6. The number of non-ortho nitro benzene ring substituents is 1. The van der Waals surface area contributed by atoms with E-state index < -0.39 is 4.92 Å². The standard InChI is InChI=1S/C12H14N4O4/c17-16(18)8-1-2-10-11(5-8)15-12(14-10)13-6-9-7-19-3-4-20-9/h1-2,5,9H,3-4,6-7H2,(H2,13,14,15). The maximum atomic E-state index is 10.7. The van der Waals surface area contributed by atoms with E-state index in [-0.39, 0.29) is 11.8 Å². The van der Waals surface area contributed by atoms with E-state index in [0.717, 1.165) is 0 Å². The summed E-state index contributed by atoms with van der Waals surface area (Å²) < 4.78 is 10.8. The van der Waals surface area contributed by atoms with E-state index >= 15 is 0 Å². The number of nitrogens with zero attached hydrogens (tertiary/aromatic N) is 2. The third kappa shape index (κ3) is 2.70. The van der Waals surface area contributed by atoms with Crippen LogP contribution < -0.4 is 5.32 Å². The highest BCUT2D eigenvalue weighted by Crippen LogP contribution is 2.20. The van der Waals surface area contributed by atoms with Crippen LogP contribution in [0, 0.1) is 10.1 Å². The summed E-state index contributed by atoms with van der Waals surface area (Å²) in [4.78, 5) is 17.6. The maximum Gasteiger partial charge on any atom is 0.271 e. The summed E-state index contributed by atoms with van der Waals surface area (Å²) in [5, 5.41) is 13.8. The summed E-state index contributed by atoms with van der Waals surface area (Å²) in [5.41, 5.74) is 1.35. The fraction of sp³-hybridized carbons (Fsp3) is 0.417. The molecule has 106 valence electrons. The third-order valence-corrected chi connectivity index (χ3v) is 3.06. The van der Waals surface area contributed by atoms with Gasteiger partial charge in [-0.3, -0.25) is 10.1 Å². The lowest BCUT2D eigenvalue weighted by atomic mass is 10.3. The SMILES string of the molecule is O=[N+]([O-])c1ccc2nc(NCC3COCCO3)[nH]c2c1. The van der Waals surface area contributed by atoms with Crippen molar-refractivity contribution in [1.29, 1.82) is 0 Å². The summed E-state index contributed by atoms with van der Waals surface area (Å²) >= 11 is 0. The van der Waals surface area contributed by atoms with Gasteiger partial charge in [-0.05, 0) is 6.07 Å². The number of aromatic nitrogens is 2. The van der Waals surface area contributed by atoms with E-state index in [2.05, 4.69) is 15.3 Å². The normalized spacial score (nSPS) is 19.1. The molecule has 0 saturated carbocycles. The quantitative estimate of drug-likeness (QED) is 0.645. The summed E-state index contributed by atoms with van der Waals surface area (Å²) in [5.74, 6) is 0.565. The number of ether oxygens (including phenoxy) is 2. The Bertz CT molecular complexity index is 621. The van der Waals surface area contributed by atoms with Crippen molar-refractivity contribution in [2.75, 3.05) is 31.7 Å². The van der Waals surface area contributed by atoms with Gasteiger partial charge in [-0.15, -0.1) is 0 Å². The second-order valence-electron chi connectivity index (χ2n) is 4.49. The molecule has 20 heavy (non-hydrogen) atoms. The highest BCUT2D eigenvalue weighted by Gasteiger charge is 2.15. The number of benzene rings is 1. The predicted octanol–water partition coefficient (Wildman–Crippen LogP) is 1.30. The lowest BCUT2D eigenvalue weighted by Gasteiger charge is -2.22. The molecule has 8 nitrogen and oxygen atoms in total. The minimum Gasteiger partial charge on any atom is -0.376 e. The predicted molar refractivity (Wildman–Crippen MR) is 71.8 cm³/mol. The van der Waals surface area contributed by atoms with Gasteiger partial charge in [0.05, 0.1) is 41.9 Å². The van der Waals surface area contributed by atoms with Crippen molar-refractivity contribution >= 4 is 22.7 Å². The summed E-state index contributed by atoms with van der Waals surface area (Å²) in [6.07, 6.45) is -0.00806. The van der Waals surface area contributed by atoms with Crippen LogP contribution in [0.2, 0.25) is 0 Å². The van der Waals surface area contributed by atoms with Gasteiger partial charge in [0.15, 0.2) is 0 Å². The van der Waals surface area contributed by atoms with E-state index in [1.54, 1.807) is 6.07 Å². The fourth-order valence-corrected chi connectivity index (χ4v) is 2.06. The number of nitro groups is 1. The highest BCUT2D eigenvalue weighted by molar-refractivity contribution is 5.79. The summed E-state index contributed by atoms with van der Waals surface area (Å²) in [6.45, 7) is 2.35. The third-order valence-electron chi connectivity index (χ3n) is 3.06.